The van der Waals surface area contributed by atoms with Gasteiger partial charge < -0.3 is 10.1 Å². The Labute approximate surface area is 172 Å². The molecule has 1 aliphatic rings. The first-order chi connectivity index (χ1) is 13.8. The van der Waals surface area contributed by atoms with E-state index in [0.717, 1.165) is 10.5 Å². The Kier molecular flexibility index (Phi) is 5.98. The van der Waals surface area contributed by atoms with Gasteiger partial charge >= 0.3 is 5.97 Å². The molecule has 0 aromatic heterocycles. The number of amides is 3. The molecular weight excluding hydrogens is 396 g/mol. The van der Waals surface area contributed by atoms with Crippen molar-refractivity contribution in [2.24, 2.45) is 0 Å². The van der Waals surface area contributed by atoms with E-state index in [9.17, 15) is 19.2 Å². The lowest BCUT2D eigenvalue weighted by Crippen LogP contribution is -2.44. The van der Waals surface area contributed by atoms with Gasteiger partial charge in [-0.25, -0.2) is 4.79 Å². The Morgan fingerprint density at radius 2 is 1.55 bits per heavy atom. The second-order valence-electron chi connectivity index (χ2n) is 6.65. The first-order valence-electron chi connectivity index (χ1n) is 8.98. The van der Waals surface area contributed by atoms with Gasteiger partial charge in [0.25, 0.3) is 17.7 Å². The Morgan fingerprint density at radius 1 is 1.00 bits per heavy atom. The van der Waals surface area contributed by atoms with Gasteiger partial charge in [0.05, 0.1) is 17.2 Å². The van der Waals surface area contributed by atoms with Crippen LogP contribution >= 0.6 is 11.6 Å². The minimum Gasteiger partial charge on any atom is -0.454 e. The zero-order valence-electron chi connectivity index (χ0n) is 15.8. The SMILES string of the molecule is C[C@@H](NC(=O)COC(=O)[C@H](C)N1C(=O)c2ccccc2C1=O)c1ccc(Cl)cc1. The monoisotopic (exact) mass is 414 g/mol. The van der Waals surface area contributed by atoms with Crippen LogP contribution in [0.4, 0.5) is 0 Å². The Bertz CT molecular complexity index is 938. The molecule has 3 rings (SSSR count). The van der Waals surface area contributed by atoms with E-state index in [2.05, 4.69) is 5.32 Å². The van der Waals surface area contributed by atoms with Crippen LogP contribution in [-0.4, -0.2) is 41.2 Å². The summed E-state index contributed by atoms with van der Waals surface area (Å²) in [6, 6.07) is 11.9. The van der Waals surface area contributed by atoms with Crippen molar-refractivity contribution in [1.82, 2.24) is 10.2 Å². The third kappa shape index (κ3) is 4.30. The first kappa shape index (κ1) is 20.5. The van der Waals surface area contributed by atoms with Crippen molar-refractivity contribution in [2.45, 2.75) is 25.9 Å². The maximum absolute atomic E-state index is 12.4. The molecule has 0 fully saturated rings. The first-order valence-corrected chi connectivity index (χ1v) is 9.35. The predicted molar refractivity (Wildman–Crippen MR) is 105 cm³/mol. The Morgan fingerprint density at radius 3 is 2.10 bits per heavy atom. The van der Waals surface area contributed by atoms with Crippen molar-refractivity contribution in [1.29, 1.82) is 0 Å². The van der Waals surface area contributed by atoms with Gasteiger partial charge in [-0.2, -0.15) is 0 Å². The molecule has 0 spiro atoms. The van der Waals surface area contributed by atoms with Crippen LogP contribution in [0.1, 0.15) is 46.2 Å². The number of ether oxygens (including phenoxy) is 1. The van der Waals surface area contributed by atoms with Crippen molar-refractivity contribution in [3.05, 3.63) is 70.2 Å². The number of benzene rings is 2. The summed E-state index contributed by atoms with van der Waals surface area (Å²) in [5.41, 5.74) is 1.33. The van der Waals surface area contributed by atoms with Crippen LogP contribution in [0.5, 0.6) is 0 Å². The second-order valence-corrected chi connectivity index (χ2v) is 7.09. The smallest absolute Gasteiger partial charge is 0.329 e. The van der Waals surface area contributed by atoms with Crippen LogP contribution in [0.3, 0.4) is 0 Å². The lowest BCUT2D eigenvalue weighted by molar-refractivity contribution is -0.152. The third-order valence-electron chi connectivity index (χ3n) is 4.65. The molecule has 0 radical (unpaired) electrons. The Balaban J connectivity index is 1.55. The molecule has 1 heterocycles. The highest BCUT2D eigenvalue weighted by atomic mass is 35.5. The summed E-state index contributed by atoms with van der Waals surface area (Å²) in [6.45, 7) is 2.65. The number of imide groups is 1. The molecule has 0 aliphatic carbocycles. The van der Waals surface area contributed by atoms with Crippen molar-refractivity contribution in [3.63, 3.8) is 0 Å². The molecule has 3 amide bonds. The summed E-state index contributed by atoms with van der Waals surface area (Å²) >= 11 is 5.84. The lowest BCUT2D eigenvalue weighted by atomic mass is 10.1. The van der Waals surface area contributed by atoms with Crippen molar-refractivity contribution in [3.8, 4) is 0 Å². The minimum atomic E-state index is -1.15. The summed E-state index contributed by atoms with van der Waals surface area (Å²) in [5, 5.41) is 3.29. The largest absolute Gasteiger partial charge is 0.454 e. The summed E-state index contributed by atoms with van der Waals surface area (Å²) in [7, 11) is 0. The molecule has 2 aromatic rings. The quantitative estimate of drug-likeness (QED) is 0.579. The van der Waals surface area contributed by atoms with Gasteiger partial charge in [-0.05, 0) is 43.7 Å². The van der Waals surface area contributed by atoms with Gasteiger partial charge in [0.15, 0.2) is 6.61 Å². The third-order valence-corrected chi connectivity index (χ3v) is 4.90. The number of hydrogen-bond acceptors (Lipinski definition) is 5. The fourth-order valence-corrected chi connectivity index (χ4v) is 3.17. The highest BCUT2D eigenvalue weighted by Gasteiger charge is 2.41. The zero-order valence-corrected chi connectivity index (χ0v) is 16.6. The number of hydrogen-bond donors (Lipinski definition) is 1. The molecule has 29 heavy (non-hydrogen) atoms. The van der Waals surface area contributed by atoms with Crippen LogP contribution in [-0.2, 0) is 14.3 Å². The molecule has 150 valence electrons. The van der Waals surface area contributed by atoms with E-state index in [4.69, 9.17) is 16.3 Å². The molecule has 8 heteroatoms. The van der Waals surface area contributed by atoms with E-state index in [-0.39, 0.29) is 17.2 Å². The van der Waals surface area contributed by atoms with Crippen LogP contribution in [0.2, 0.25) is 5.02 Å². The average Bonchev–Trinajstić information content (AvgIpc) is 2.96. The fraction of sp³-hybridized carbons (Fsp3) is 0.238. The summed E-state index contributed by atoms with van der Waals surface area (Å²) in [5.74, 6) is -2.46. The number of nitrogens with zero attached hydrogens (tertiary/aromatic N) is 1. The summed E-state index contributed by atoms with van der Waals surface area (Å²) < 4.78 is 5.01. The zero-order chi connectivity index (χ0) is 21.1. The average molecular weight is 415 g/mol. The van der Waals surface area contributed by atoms with Gasteiger partial charge in [-0.15, -0.1) is 0 Å². The molecular formula is C21H19ClN2O5. The van der Waals surface area contributed by atoms with Gasteiger partial charge in [-0.1, -0.05) is 35.9 Å². The number of rotatable bonds is 6. The van der Waals surface area contributed by atoms with E-state index < -0.39 is 36.3 Å². The number of carbonyl (C=O) groups excluding carboxylic acids is 4. The number of carbonyl (C=O) groups is 4. The Hall–Kier alpha value is -3.19. The number of esters is 1. The van der Waals surface area contributed by atoms with Crippen molar-refractivity contribution in [2.75, 3.05) is 6.61 Å². The van der Waals surface area contributed by atoms with Crippen LogP contribution in [0, 0.1) is 0 Å². The summed E-state index contributed by atoms with van der Waals surface area (Å²) in [4.78, 5) is 50.1. The van der Waals surface area contributed by atoms with Gasteiger partial charge in [0.1, 0.15) is 6.04 Å². The molecule has 1 N–H and O–H groups in total. The second kappa shape index (κ2) is 8.45. The maximum Gasteiger partial charge on any atom is 0.329 e. The molecule has 0 saturated heterocycles. The topological polar surface area (TPSA) is 92.8 Å². The van der Waals surface area contributed by atoms with Crippen LogP contribution in [0.25, 0.3) is 0 Å². The number of fused-ring (bicyclic) bond motifs is 1. The fourth-order valence-electron chi connectivity index (χ4n) is 3.04. The van der Waals surface area contributed by atoms with Crippen LogP contribution in [0.15, 0.2) is 48.5 Å². The molecule has 0 unspecified atom stereocenters. The number of halogens is 1. The molecule has 7 nitrogen and oxygen atoms in total. The molecule has 0 bridgehead atoms. The number of nitrogens with one attached hydrogen (secondary N) is 1. The van der Waals surface area contributed by atoms with Crippen molar-refractivity contribution >= 4 is 35.3 Å². The van der Waals surface area contributed by atoms with E-state index in [1.165, 1.54) is 19.1 Å². The van der Waals surface area contributed by atoms with E-state index in [0.29, 0.717) is 5.02 Å². The molecule has 2 atom stereocenters. The summed E-state index contributed by atoms with van der Waals surface area (Å²) in [6.07, 6.45) is 0. The van der Waals surface area contributed by atoms with Gasteiger partial charge in [-0.3, -0.25) is 19.3 Å². The van der Waals surface area contributed by atoms with Crippen LogP contribution < -0.4 is 5.32 Å². The lowest BCUT2D eigenvalue weighted by Gasteiger charge is -2.21. The van der Waals surface area contributed by atoms with E-state index in [1.807, 2.05) is 0 Å². The molecule has 0 saturated carbocycles. The van der Waals surface area contributed by atoms with Gasteiger partial charge in [0, 0.05) is 5.02 Å². The predicted octanol–water partition coefficient (Wildman–Crippen LogP) is 2.75. The van der Waals surface area contributed by atoms with Gasteiger partial charge in [0.2, 0.25) is 0 Å². The van der Waals surface area contributed by atoms with E-state index in [1.54, 1.807) is 43.3 Å². The molecule has 1 aliphatic heterocycles. The van der Waals surface area contributed by atoms with Crippen molar-refractivity contribution < 1.29 is 23.9 Å². The standard InChI is InChI=1S/C21H19ClN2O5/c1-12(14-7-9-15(22)10-8-14)23-18(25)11-29-21(28)13(2)24-19(26)16-5-3-4-6-17(16)20(24)27/h3-10,12-13H,11H2,1-2H3,(H,23,25)/t12-,13+/m1/s1. The highest BCUT2D eigenvalue weighted by Crippen LogP contribution is 2.24. The highest BCUT2D eigenvalue weighted by molar-refractivity contribution is 6.30. The molecule has 2 aromatic carbocycles. The normalized spacial score (nSPS) is 14.9. The minimum absolute atomic E-state index is 0.242. The maximum atomic E-state index is 12.4. The van der Waals surface area contributed by atoms with E-state index >= 15 is 0 Å².